The molecule has 1 amide bonds. The lowest BCUT2D eigenvalue weighted by molar-refractivity contribution is 0.101. The van der Waals surface area contributed by atoms with Crippen molar-refractivity contribution < 1.29 is 14.3 Å². The van der Waals surface area contributed by atoms with Crippen molar-refractivity contribution in [3.63, 3.8) is 0 Å². The molecular formula is C20H25N5O3. The molecule has 1 saturated heterocycles. The van der Waals surface area contributed by atoms with Gasteiger partial charge in [0.1, 0.15) is 17.5 Å². The summed E-state index contributed by atoms with van der Waals surface area (Å²) >= 11 is 0. The molecule has 148 valence electrons. The van der Waals surface area contributed by atoms with Crippen LogP contribution in [0.3, 0.4) is 0 Å². The van der Waals surface area contributed by atoms with Gasteiger partial charge in [-0.05, 0) is 45.0 Å². The number of aromatic nitrogens is 2. The number of Topliss-reactive ketones (excluding diaryl/α,β-unsaturated/α-hetero) is 1. The number of amides is 1. The first kappa shape index (κ1) is 19.6. The van der Waals surface area contributed by atoms with Crippen LogP contribution in [0, 0.1) is 6.92 Å². The van der Waals surface area contributed by atoms with E-state index in [9.17, 15) is 9.59 Å². The summed E-state index contributed by atoms with van der Waals surface area (Å²) in [5.74, 6) is 2.20. The van der Waals surface area contributed by atoms with E-state index in [1.807, 2.05) is 25.1 Å². The maximum absolute atomic E-state index is 11.8. The number of nitrogens with zero attached hydrogens (tertiary/aromatic N) is 4. The molecule has 1 aromatic carbocycles. The van der Waals surface area contributed by atoms with Crippen LogP contribution in [0.15, 0.2) is 30.3 Å². The van der Waals surface area contributed by atoms with Gasteiger partial charge in [-0.25, -0.2) is 14.8 Å². The van der Waals surface area contributed by atoms with Crippen molar-refractivity contribution in [3.8, 4) is 0 Å². The highest BCUT2D eigenvalue weighted by Gasteiger charge is 2.23. The lowest BCUT2D eigenvalue weighted by Gasteiger charge is -2.34. The first-order valence-electron chi connectivity index (χ1n) is 9.36. The molecule has 1 fully saturated rings. The number of ketones is 1. The molecule has 1 aliphatic heterocycles. The largest absolute Gasteiger partial charge is 0.450 e. The summed E-state index contributed by atoms with van der Waals surface area (Å²) in [6.45, 7) is 8.14. The molecule has 2 aromatic rings. The second kappa shape index (κ2) is 8.69. The Hall–Kier alpha value is -3.16. The zero-order valence-electron chi connectivity index (χ0n) is 16.4. The Morgan fingerprint density at radius 3 is 2.39 bits per heavy atom. The number of nitrogens with one attached hydrogen (secondary N) is 1. The third kappa shape index (κ3) is 4.76. The monoisotopic (exact) mass is 383 g/mol. The van der Waals surface area contributed by atoms with Crippen LogP contribution in [0.1, 0.15) is 30.0 Å². The summed E-state index contributed by atoms with van der Waals surface area (Å²) in [5.41, 5.74) is 1.52. The van der Waals surface area contributed by atoms with E-state index < -0.39 is 0 Å². The minimum absolute atomic E-state index is 0.0358. The molecular weight excluding hydrogens is 358 g/mol. The number of carbonyl (C=O) groups excluding carboxylic acids is 2. The number of carbonyl (C=O) groups is 2. The SMILES string of the molecule is CCOC(=O)N1CCN(c2cc(Nc3ccc(C(C)=O)cc3)nc(C)n2)CC1. The number of hydrogen-bond acceptors (Lipinski definition) is 7. The topological polar surface area (TPSA) is 87.7 Å². The summed E-state index contributed by atoms with van der Waals surface area (Å²) < 4.78 is 5.06. The second-order valence-electron chi connectivity index (χ2n) is 6.59. The first-order chi connectivity index (χ1) is 13.5. The molecule has 28 heavy (non-hydrogen) atoms. The first-order valence-corrected chi connectivity index (χ1v) is 9.36. The normalized spacial score (nSPS) is 14.0. The van der Waals surface area contributed by atoms with Crippen molar-refractivity contribution in [1.29, 1.82) is 0 Å². The number of anilines is 3. The second-order valence-corrected chi connectivity index (χ2v) is 6.59. The summed E-state index contributed by atoms with van der Waals surface area (Å²) in [4.78, 5) is 36.1. The summed E-state index contributed by atoms with van der Waals surface area (Å²) in [7, 11) is 0. The van der Waals surface area contributed by atoms with E-state index in [4.69, 9.17) is 4.74 Å². The van der Waals surface area contributed by atoms with Gasteiger partial charge in [-0.2, -0.15) is 0 Å². The Kier molecular flexibility index (Phi) is 6.08. The third-order valence-corrected chi connectivity index (χ3v) is 4.52. The number of benzene rings is 1. The van der Waals surface area contributed by atoms with Gasteiger partial charge in [0.05, 0.1) is 6.61 Å². The summed E-state index contributed by atoms with van der Waals surface area (Å²) in [5, 5.41) is 3.26. The van der Waals surface area contributed by atoms with Crippen molar-refractivity contribution >= 4 is 29.2 Å². The molecule has 8 heteroatoms. The van der Waals surface area contributed by atoms with Gasteiger partial charge in [-0.15, -0.1) is 0 Å². The average Bonchev–Trinajstić information content (AvgIpc) is 2.68. The van der Waals surface area contributed by atoms with Gasteiger partial charge in [-0.3, -0.25) is 4.79 Å². The van der Waals surface area contributed by atoms with Crippen LogP contribution in [0.25, 0.3) is 0 Å². The predicted molar refractivity (Wildman–Crippen MR) is 107 cm³/mol. The minimum atomic E-state index is -0.266. The van der Waals surface area contributed by atoms with Gasteiger partial charge < -0.3 is 19.9 Å². The van der Waals surface area contributed by atoms with Crippen LogP contribution in [-0.2, 0) is 4.74 Å². The van der Waals surface area contributed by atoms with E-state index in [0.717, 1.165) is 11.5 Å². The predicted octanol–water partition coefficient (Wildman–Crippen LogP) is 3.01. The lowest BCUT2D eigenvalue weighted by atomic mass is 10.1. The van der Waals surface area contributed by atoms with Crippen LogP contribution in [0.2, 0.25) is 0 Å². The van der Waals surface area contributed by atoms with Gasteiger partial charge in [0.15, 0.2) is 5.78 Å². The van der Waals surface area contributed by atoms with E-state index in [1.54, 1.807) is 30.9 Å². The highest BCUT2D eigenvalue weighted by Crippen LogP contribution is 2.21. The Morgan fingerprint density at radius 1 is 1.11 bits per heavy atom. The van der Waals surface area contributed by atoms with Gasteiger partial charge >= 0.3 is 6.09 Å². The Bertz CT molecular complexity index is 845. The Balaban J connectivity index is 1.68. The van der Waals surface area contributed by atoms with Crippen molar-refractivity contribution in [2.75, 3.05) is 43.0 Å². The number of ether oxygens (including phenoxy) is 1. The molecule has 0 atom stereocenters. The van der Waals surface area contributed by atoms with Gasteiger partial charge in [0, 0.05) is 43.5 Å². The van der Waals surface area contributed by atoms with Crippen LogP contribution in [0.4, 0.5) is 22.1 Å². The molecule has 2 heterocycles. The molecule has 0 spiro atoms. The van der Waals surface area contributed by atoms with Crippen LogP contribution in [-0.4, -0.2) is 59.5 Å². The molecule has 3 rings (SSSR count). The van der Waals surface area contributed by atoms with Gasteiger partial charge in [-0.1, -0.05) is 0 Å². The van der Waals surface area contributed by atoms with Gasteiger partial charge in [0.25, 0.3) is 0 Å². The highest BCUT2D eigenvalue weighted by molar-refractivity contribution is 5.94. The van der Waals surface area contributed by atoms with Gasteiger partial charge in [0.2, 0.25) is 0 Å². The summed E-state index contributed by atoms with van der Waals surface area (Å²) in [6, 6.07) is 9.17. The molecule has 1 aromatic heterocycles. The molecule has 0 saturated carbocycles. The fraction of sp³-hybridized carbons (Fsp3) is 0.400. The van der Waals surface area contributed by atoms with E-state index in [2.05, 4.69) is 20.2 Å². The fourth-order valence-corrected chi connectivity index (χ4v) is 3.05. The van der Waals surface area contributed by atoms with E-state index in [1.165, 1.54) is 0 Å². The maximum Gasteiger partial charge on any atom is 0.409 e. The quantitative estimate of drug-likeness (QED) is 0.794. The highest BCUT2D eigenvalue weighted by atomic mass is 16.6. The standard InChI is InChI=1S/C20H25N5O3/c1-4-28-20(27)25-11-9-24(10-12-25)19-13-18(21-15(3)22-19)23-17-7-5-16(6-8-17)14(2)26/h5-8,13H,4,9-12H2,1-3H3,(H,21,22,23). The van der Waals surface area contributed by atoms with Crippen LogP contribution >= 0.6 is 0 Å². The average molecular weight is 383 g/mol. The van der Waals surface area contributed by atoms with E-state index in [-0.39, 0.29) is 11.9 Å². The van der Waals surface area contributed by atoms with E-state index in [0.29, 0.717) is 50.0 Å². The molecule has 8 nitrogen and oxygen atoms in total. The number of rotatable bonds is 5. The molecule has 1 N–H and O–H groups in total. The minimum Gasteiger partial charge on any atom is -0.450 e. The van der Waals surface area contributed by atoms with E-state index >= 15 is 0 Å². The lowest BCUT2D eigenvalue weighted by Crippen LogP contribution is -2.49. The van der Waals surface area contributed by atoms with Crippen molar-refractivity contribution in [1.82, 2.24) is 14.9 Å². The van der Waals surface area contributed by atoms with Crippen LogP contribution < -0.4 is 10.2 Å². The molecule has 0 unspecified atom stereocenters. The molecule has 1 aliphatic rings. The zero-order valence-corrected chi connectivity index (χ0v) is 16.4. The van der Waals surface area contributed by atoms with Crippen molar-refractivity contribution in [2.45, 2.75) is 20.8 Å². The maximum atomic E-state index is 11.8. The van der Waals surface area contributed by atoms with Crippen LogP contribution in [0.5, 0.6) is 0 Å². The molecule has 0 radical (unpaired) electrons. The fourth-order valence-electron chi connectivity index (χ4n) is 3.05. The summed E-state index contributed by atoms with van der Waals surface area (Å²) in [6.07, 6.45) is -0.266. The Morgan fingerprint density at radius 2 is 1.79 bits per heavy atom. The third-order valence-electron chi connectivity index (χ3n) is 4.52. The zero-order chi connectivity index (χ0) is 20.1. The molecule has 0 bridgehead atoms. The number of piperazine rings is 1. The van der Waals surface area contributed by atoms with Crippen molar-refractivity contribution in [3.05, 3.63) is 41.7 Å². The van der Waals surface area contributed by atoms with Crippen molar-refractivity contribution in [2.24, 2.45) is 0 Å². The number of hydrogen-bond donors (Lipinski definition) is 1. The Labute approximate surface area is 164 Å². The smallest absolute Gasteiger partial charge is 0.409 e. The molecule has 0 aliphatic carbocycles. The number of aryl methyl sites for hydroxylation is 1.